The lowest BCUT2D eigenvalue weighted by molar-refractivity contribution is 0.627. The second kappa shape index (κ2) is 5.34. The second-order valence-corrected chi connectivity index (χ2v) is 4.24. The van der Waals surface area contributed by atoms with Crippen molar-refractivity contribution in [2.45, 2.75) is 13.3 Å². The van der Waals surface area contributed by atoms with E-state index in [1.807, 2.05) is 0 Å². The molecule has 76 valence electrons. The van der Waals surface area contributed by atoms with Crippen LogP contribution in [0.2, 0.25) is 0 Å². The van der Waals surface area contributed by atoms with Gasteiger partial charge < -0.3 is 5.32 Å². The SMILES string of the molecule is C=C(CC)CNc1ccc(F)cc1I. The van der Waals surface area contributed by atoms with Gasteiger partial charge in [0.25, 0.3) is 0 Å². The smallest absolute Gasteiger partial charge is 0.124 e. The van der Waals surface area contributed by atoms with Crippen LogP contribution in [0.3, 0.4) is 0 Å². The third-order valence-corrected chi connectivity index (χ3v) is 2.85. The number of nitrogens with one attached hydrogen (secondary N) is 1. The van der Waals surface area contributed by atoms with E-state index in [1.165, 1.54) is 12.1 Å². The van der Waals surface area contributed by atoms with Crippen molar-refractivity contribution >= 4 is 28.3 Å². The van der Waals surface area contributed by atoms with E-state index in [0.717, 1.165) is 27.8 Å². The Hall–Kier alpha value is -0.580. The molecule has 0 radical (unpaired) electrons. The zero-order chi connectivity index (χ0) is 10.6. The Morgan fingerprint density at radius 1 is 1.57 bits per heavy atom. The molecule has 0 aliphatic rings. The first-order chi connectivity index (χ1) is 6.63. The molecule has 1 nitrogen and oxygen atoms in total. The van der Waals surface area contributed by atoms with E-state index < -0.39 is 0 Å². The van der Waals surface area contributed by atoms with Crippen LogP contribution in [0.25, 0.3) is 0 Å². The molecule has 0 unspecified atom stereocenters. The molecule has 3 heteroatoms. The Morgan fingerprint density at radius 3 is 2.86 bits per heavy atom. The van der Waals surface area contributed by atoms with E-state index in [-0.39, 0.29) is 5.82 Å². The third-order valence-electron chi connectivity index (χ3n) is 1.96. The molecule has 0 aliphatic heterocycles. The maximum Gasteiger partial charge on any atom is 0.124 e. The van der Waals surface area contributed by atoms with Crippen molar-refractivity contribution < 1.29 is 4.39 Å². The first kappa shape index (κ1) is 11.5. The van der Waals surface area contributed by atoms with Crippen LogP contribution in [-0.4, -0.2) is 6.54 Å². The molecule has 0 atom stereocenters. The molecule has 1 aromatic carbocycles. The molecule has 1 rings (SSSR count). The molecule has 1 N–H and O–H groups in total. The molecule has 0 aromatic heterocycles. The molecule has 0 saturated heterocycles. The average molecular weight is 305 g/mol. The van der Waals surface area contributed by atoms with E-state index in [1.54, 1.807) is 6.07 Å². The fourth-order valence-corrected chi connectivity index (χ4v) is 1.65. The quantitative estimate of drug-likeness (QED) is 0.659. The summed E-state index contributed by atoms with van der Waals surface area (Å²) in [6.45, 7) is 6.71. The van der Waals surface area contributed by atoms with Crippen LogP contribution in [0.1, 0.15) is 13.3 Å². The summed E-state index contributed by atoms with van der Waals surface area (Å²) >= 11 is 2.11. The summed E-state index contributed by atoms with van der Waals surface area (Å²) in [5, 5.41) is 3.22. The third kappa shape index (κ3) is 3.29. The molecular formula is C11H13FIN. The number of benzene rings is 1. The molecule has 0 bridgehead atoms. The standard InChI is InChI=1S/C11H13FIN/c1-3-8(2)7-14-11-5-4-9(12)6-10(11)13/h4-6,14H,2-3,7H2,1H3. The van der Waals surface area contributed by atoms with Gasteiger partial charge in [0.15, 0.2) is 0 Å². The van der Waals surface area contributed by atoms with E-state index in [2.05, 4.69) is 41.4 Å². The number of hydrogen-bond acceptors (Lipinski definition) is 1. The predicted molar refractivity (Wildman–Crippen MR) is 67.0 cm³/mol. The van der Waals surface area contributed by atoms with Crippen molar-refractivity contribution in [2.24, 2.45) is 0 Å². The lowest BCUT2D eigenvalue weighted by Crippen LogP contribution is -2.04. The van der Waals surface area contributed by atoms with Crippen molar-refractivity contribution in [3.8, 4) is 0 Å². The predicted octanol–water partition coefficient (Wildman–Crippen LogP) is 3.81. The minimum Gasteiger partial charge on any atom is -0.380 e. The molecular weight excluding hydrogens is 292 g/mol. The lowest BCUT2D eigenvalue weighted by Gasteiger charge is -2.09. The fourth-order valence-electron chi connectivity index (χ4n) is 0.978. The minimum atomic E-state index is -0.200. The highest BCUT2D eigenvalue weighted by Gasteiger charge is 2.00. The molecule has 0 aliphatic carbocycles. The van der Waals surface area contributed by atoms with Gasteiger partial charge in [-0.25, -0.2) is 4.39 Å². The van der Waals surface area contributed by atoms with Crippen LogP contribution in [0.5, 0.6) is 0 Å². The Bertz CT molecular complexity index is 336. The number of hydrogen-bond donors (Lipinski definition) is 1. The van der Waals surface area contributed by atoms with Crippen LogP contribution in [-0.2, 0) is 0 Å². The Kier molecular flexibility index (Phi) is 4.38. The average Bonchev–Trinajstić information content (AvgIpc) is 2.16. The van der Waals surface area contributed by atoms with E-state index in [4.69, 9.17) is 0 Å². The summed E-state index contributed by atoms with van der Waals surface area (Å²) in [6, 6.07) is 4.72. The zero-order valence-electron chi connectivity index (χ0n) is 8.11. The van der Waals surface area contributed by atoms with Gasteiger partial charge in [0, 0.05) is 15.8 Å². The molecule has 14 heavy (non-hydrogen) atoms. The van der Waals surface area contributed by atoms with Gasteiger partial charge in [-0.3, -0.25) is 0 Å². The maximum absolute atomic E-state index is 12.8. The molecule has 0 spiro atoms. The highest BCUT2D eigenvalue weighted by Crippen LogP contribution is 2.19. The van der Waals surface area contributed by atoms with Gasteiger partial charge in [-0.2, -0.15) is 0 Å². The number of rotatable bonds is 4. The summed E-state index contributed by atoms with van der Waals surface area (Å²) in [5.41, 5.74) is 2.10. The van der Waals surface area contributed by atoms with Gasteiger partial charge in [-0.15, -0.1) is 0 Å². The van der Waals surface area contributed by atoms with E-state index in [9.17, 15) is 4.39 Å². The Balaban J connectivity index is 2.63. The summed E-state index contributed by atoms with van der Waals surface area (Å²) in [7, 11) is 0. The molecule has 0 amide bonds. The summed E-state index contributed by atoms with van der Waals surface area (Å²) in [6.07, 6.45) is 0.963. The Morgan fingerprint density at radius 2 is 2.29 bits per heavy atom. The van der Waals surface area contributed by atoms with Gasteiger partial charge >= 0.3 is 0 Å². The summed E-state index contributed by atoms with van der Waals surface area (Å²) in [4.78, 5) is 0. The normalized spacial score (nSPS) is 9.93. The van der Waals surface area contributed by atoms with Crippen molar-refractivity contribution in [3.05, 3.63) is 39.7 Å². The van der Waals surface area contributed by atoms with Crippen molar-refractivity contribution in [1.82, 2.24) is 0 Å². The second-order valence-electron chi connectivity index (χ2n) is 3.08. The molecule has 0 fully saturated rings. The number of halogens is 2. The molecule has 0 heterocycles. The van der Waals surface area contributed by atoms with Crippen LogP contribution in [0.4, 0.5) is 10.1 Å². The highest BCUT2D eigenvalue weighted by molar-refractivity contribution is 14.1. The van der Waals surface area contributed by atoms with Crippen molar-refractivity contribution in [2.75, 3.05) is 11.9 Å². The van der Waals surface area contributed by atoms with Crippen molar-refractivity contribution in [1.29, 1.82) is 0 Å². The van der Waals surface area contributed by atoms with E-state index >= 15 is 0 Å². The maximum atomic E-state index is 12.8. The minimum absolute atomic E-state index is 0.200. The van der Waals surface area contributed by atoms with E-state index in [0.29, 0.717) is 0 Å². The topological polar surface area (TPSA) is 12.0 Å². The lowest BCUT2D eigenvalue weighted by atomic mass is 10.2. The van der Waals surface area contributed by atoms with Crippen LogP contribution in [0.15, 0.2) is 30.4 Å². The first-order valence-electron chi connectivity index (χ1n) is 4.49. The molecule has 0 saturated carbocycles. The van der Waals surface area contributed by atoms with Gasteiger partial charge in [0.1, 0.15) is 5.82 Å². The van der Waals surface area contributed by atoms with Gasteiger partial charge in [-0.1, -0.05) is 19.1 Å². The van der Waals surface area contributed by atoms with Gasteiger partial charge in [0.05, 0.1) is 0 Å². The van der Waals surface area contributed by atoms with Crippen LogP contribution >= 0.6 is 22.6 Å². The molecule has 1 aromatic rings. The highest BCUT2D eigenvalue weighted by atomic mass is 127. The largest absolute Gasteiger partial charge is 0.380 e. The monoisotopic (exact) mass is 305 g/mol. The first-order valence-corrected chi connectivity index (χ1v) is 5.57. The summed E-state index contributed by atoms with van der Waals surface area (Å²) in [5.74, 6) is -0.200. The Labute approximate surface area is 97.5 Å². The van der Waals surface area contributed by atoms with Gasteiger partial charge in [0.2, 0.25) is 0 Å². The van der Waals surface area contributed by atoms with Crippen LogP contribution < -0.4 is 5.32 Å². The summed E-state index contributed by atoms with van der Waals surface area (Å²) < 4.78 is 13.7. The van der Waals surface area contributed by atoms with Crippen molar-refractivity contribution in [3.63, 3.8) is 0 Å². The fraction of sp³-hybridized carbons (Fsp3) is 0.273. The van der Waals surface area contributed by atoms with Gasteiger partial charge in [-0.05, 0) is 47.2 Å². The number of anilines is 1. The van der Waals surface area contributed by atoms with Crippen LogP contribution in [0, 0.1) is 9.39 Å². The zero-order valence-corrected chi connectivity index (χ0v) is 10.3.